The molecule has 2 aromatic carbocycles. The monoisotopic (exact) mass is 398 g/mol. The smallest absolute Gasteiger partial charge is 0.101 e. The lowest BCUT2D eigenvalue weighted by Crippen LogP contribution is -2.02. The highest BCUT2D eigenvalue weighted by atomic mass is 79.9. The van der Waals surface area contributed by atoms with Gasteiger partial charge in [-0.25, -0.2) is 0 Å². The molecule has 0 bridgehead atoms. The standard InChI is InChI=1S/C14H9Br2ClN2/c15-11-3-1-9(7-18)14(5-11)19-8-10-2-4-12(17)6-13(10)16/h1-6,19H,8H2. The number of rotatable bonds is 3. The topological polar surface area (TPSA) is 35.8 Å². The van der Waals surface area contributed by atoms with Gasteiger partial charge in [-0.2, -0.15) is 5.26 Å². The Hall–Kier alpha value is -1.02. The van der Waals surface area contributed by atoms with E-state index in [0.29, 0.717) is 17.1 Å². The fraction of sp³-hybridized carbons (Fsp3) is 0.0714. The third kappa shape index (κ3) is 3.73. The predicted octanol–water partition coefficient (Wildman–Crippen LogP) is 5.35. The van der Waals surface area contributed by atoms with E-state index in [0.717, 1.165) is 20.2 Å². The Labute approximate surface area is 133 Å². The summed E-state index contributed by atoms with van der Waals surface area (Å²) in [6, 6.07) is 13.3. The van der Waals surface area contributed by atoms with Crippen molar-refractivity contribution in [3.05, 3.63) is 61.5 Å². The highest BCUT2D eigenvalue weighted by molar-refractivity contribution is 9.10. The fourth-order valence-electron chi connectivity index (χ4n) is 1.62. The molecule has 0 fully saturated rings. The van der Waals surface area contributed by atoms with E-state index in [4.69, 9.17) is 16.9 Å². The van der Waals surface area contributed by atoms with Crippen LogP contribution < -0.4 is 5.32 Å². The molecule has 0 amide bonds. The first-order valence-corrected chi connectivity index (χ1v) is 7.44. The SMILES string of the molecule is N#Cc1ccc(Br)cc1NCc1ccc(Cl)cc1Br. The molecule has 96 valence electrons. The van der Waals surface area contributed by atoms with Gasteiger partial charge >= 0.3 is 0 Å². The number of anilines is 1. The van der Waals surface area contributed by atoms with E-state index in [1.807, 2.05) is 30.3 Å². The van der Waals surface area contributed by atoms with Crippen LogP contribution in [0.2, 0.25) is 5.02 Å². The van der Waals surface area contributed by atoms with Crippen molar-refractivity contribution in [2.75, 3.05) is 5.32 Å². The molecule has 0 saturated heterocycles. The average Bonchev–Trinajstić information content (AvgIpc) is 2.38. The summed E-state index contributed by atoms with van der Waals surface area (Å²) in [6.07, 6.45) is 0. The molecule has 0 atom stereocenters. The van der Waals surface area contributed by atoms with Gasteiger partial charge in [-0.05, 0) is 35.9 Å². The largest absolute Gasteiger partial charge is 0.380 e. The molecule has 0 saturated carbocycles. The fourth-order valence-corrected chi connectivity index (χ4v) is 2.80. The van der Waals surface area contributed by atoms with Gasteiger partial charge in [0.25, 0.3) is 0 Å². The van der Waals surface area contributed by atoms with Gasteiger partial charge in [0.1, 0.15) is 6.07 Å². The van der Waals surface area contributed by atoms with Crippen LogP contribution in [0.4, 0.5) is 5.69 Å². The average molecular weight is 401 g/mol. The summed E-state index contributed by atoms with van der Waals surface area (Å²) in [5.74, 6) is 0. The van der Waals surface area contributed by atoms with Crippen LogP contribution in [0.25, 0.3) is 0 Å². The van der Waals surface area contributed by atoms with Crippen molar-refractivity contribution in [1.82, 2.24) is 0 Å². The molecule has 0 aliphatic rings. The highest BCUT2D eigenvalue weighted by Gasteiger charge is 2.05. The minimum atomic E-state index is 0.614. The number of hydrogen-bond donors (Lipinski definition) is 1. The van der Waals surface area contributed by atoms with E-state index in [1.54, 1.807) is 6.07 Å². The Bertz CT molecular complexity index is 650. The molecule has 0 aliphatic carbocycles. The molecule has 5 heteroatoms. The zero-order valence-electron chi connectivity index (χ0n) is 9.75. The van der Waals surface area contributed by atoms with Gasteiger partial charge in [-0.3, -0.25) is 0 Å². The van der Waals surface area contributed by atoms with E-state index >= 15 is 0 Å². The zero-order chi connectivity index (χ0) is 13.8. The minimum absolute atomic E-state index is 0.614. The first-order chi connectivity index (χ1) is 9.10. The highest BCUT2D eigenvalue weighted by Crippen LogP contribution is 2.25. The van der Waals surface area contributed by atoms with Crippen molar-refractivity contribution in [3.8, 4) is 6.07 Å². The Morgan fingerprint density at radius 3 is 2.63 bits per heavy atom. The number of halogens is 3. The van der Waals surface area contributed by atoms with E-state index < -0.39 is 0 Å². The van der Waals surface area contributed by atoms with Gasteiger partial charge < -0.3 is 5.32 Å². The summed E-state index contributed by atoms with van der Waals surface area (Å²) in [5.41, 5.74) is 2.50. The lowest BCUT2D eigenvalue weighted by atomic mass is 10.1. The van der Waals surface area contributed by atoms with Gasteiger partial charge in [0.05, 0.1) is 11.3 Å². The molecule has 19 heavy (non-hydrogen) atoms. The zero-order valence-corrected chi connectivity index (χ0v) is 13.7. The molecule has 0 aromatic heterocycles. The van der Waals surface area contributed by atoms with Gasteiger partial charge in [-0.1, -0.05) is 49.5 Å². The lowest BCUT2D eigenvalue weighted by Gasteiger charge is -2.10. The second kappa shape index (κ2) is 6.42. The van der Waals surface area contributed by atoms with Crippen LogP contribution in [-0.2, 0) is 6.54 Å². The van der Waals surface area contributed by atoms with E-state index in [2.05, 4.69) is 43.2 Å². The molecule has 0 unspecified atom stereocenters. The molecule has 2 aromatic rings. The number of nitrogens with one attached hydrogen (secondary N) is 1. The number of nitrogens with zero attached hydrogens (tertiary/aromatic N) is 1. The first-order valence-electron chi connectivity index (χ1n) is 5.47. The molecule has 0 spiro atoms. The second-order valence-electron chi connectivity index (χ2n) is 3.89. The van der Waals surface area contributed by atoms with Crippen molar-refractivity contribution >= 4 is 49.1 Å². The Morgan fingerprint density at radius 2 is 1.95 bits per heavy atom. The van der Waals surface area contributed by atoms with Gasteiger partial charge in [0, 0.05) is 20.5 Å². The van der Waals surface area contributed by atoms with E-state index in [9.17, 15) is 0 Å². The van der Waals surface area contributed by atoms with Crippen LogP contribution in [0, 0.1) is 11.3 Å². The molecule has 0 radical (unpaired) electrons. The van der Waals surface area contributed by atoms with Crippen molar-refractivity contribution in [2.24, 2.45) is 0 Å². The maximum Gasteiger partial charge on any atom is 0.101 e. The third-order valence-corrected chi connectivity index (χ3v) is 4.05. The van der Waals surface area contributed by atoms with Gasteiger partial charge in [0.2, 0.25) is 0 Å². The minimum Gasteiger partial charge on any atom is -0.380 e. The number of nitriles is 1. The van der Waals surface area contributed by atoms with Crippen molar-refractivity contribution in [1.29, 1.82) is 5.26 Å². The summed E-state index contributed by atoms with van der Waals surface area (Å²) in [5, 5.41) is 13.0. The van der Waals surface area contributed by atoms with Crippen LogP contribution in [0.5, 0.6) is 0 Å². The molecule has 0 aliphatic heterocycles. The van der Waals surface area contributed by atoms with Crippen molar-refractivity contribution in [3.63, 3.8) is 0 Å². The van der Waals surface area contributed by atoms with Gasteiger partial charge in [-0.15, -0.1) is 0 Å². The maximum absolute atomic E-state index is 9.07. The number of hydrogen-bond acceptors (Lipinski definition) is 2. The summed E-state index contributed by atoms with van der Waals surface area (Å²) in [6.45, 7) is 0.614. The lowest BCUT2D eigenvalue weighted by molar-refractivity contribution is 1.13. The molecule has 1 N–H and O–H groups in total. The van der Waals surface area contributed by atoms with Crippen molar-refractivity contribution < 1.29 is 0 Å². The van der Waals surface area contributed by atoms with Crippen LogP contribution in [-0.4, -0.2) is 0 Å². The summed E-state index contributed by atoms with van der Waals surface area (Å²) >= 11 is 12.8. The molecule has 0 heterocycles. The Kier molecular flexibility index (Phi) is 4.87. The maximum atomic E-state index is 9.07. The van der Waals surface area contributed by atoms with E-state index in [-0.39, 0.29) is 0 Å². The van der Waals surface area contributed by atoms with Crippen molar-refractivity contribution in [2.45, 2.75) is 6.54 Å². The quantitative estimate of drug-likeness (QED) is 0.754. The predicted molar refractivity (Wildman–Crippen MR) is 85.3 cm³/mol. The Balaban J connectivity index is 2.19. The van der Waals surface area contributed by atoms with Crippen LogP contribution in [0.1, 0.15) is 11.1 Å². The first kappa shape index (κ1) is 14.4. The van der Waals surface area contributed by atoms with Crippen LogP contribution >= 0.6 is 43.5 Å². The van der Waals surface area contributed by atoms with Crippen LogP contribution in [0.3, 0.4) is 0 Å². The Morgan fingerprint density at radius 1 is 1.16 bits per heavy atom. The van der Waals surface area contributed by atoms with Gasteiger partial charge in [0.15, 0.2) is 0 Å². The van der Waals surface area contributed by atoms with Crippen LogP contribution in [0.15, 0.2) is 45.3 Å². The van der Waals surface area contributed by atoms with E-state index in [1.165, 1.54) is 0 Å². The normalized spacial score (nSPS) is 10.0. The summed E-state index contributed by atoms with van der Waals surface area (Å²) in [7, 11) is 0. The molecule has 2 rings (SSSR count). The second-order valence-corrected chi connectivity index (χ2v) is 6.10. The molecular weight excluding hydrogens is 391 g/mol. The summed E-state index contributed by atoms with van der Waals surface area (Å²) < 4.78 is 1.88. The number of benzene rings is 2. The molecular formula is C14H9Br2ClN2. The summed E-state index contributed by atoms with van der Waals surface area (Å²) in [4.78, 5) is 0. The molecule has 2 nitrogen and oxygen atoms in total. The third-order valence-electron chi connectivity index (χ3n) is 2.59.